The highest BCUT2D eigenvalue weighted by Crippen LogP contribution is 2.19. The molecule has 0 saturated carbocycles. The topological polar surface area (TPSA) is 59.1 Å². The van der Waals surface area contributed by atoms with Crippen LogP contribution in [0.25, 0.3) is 0 Å². The normalized spacial score (nSPS) is 13.2. The minimum absolute atomic E-state index is 0.244. The zero-order valence-electron chi connectivity index (χ0n) is 7.53. The number of pyridine rings is 1. The molecule has 1 heterocycles. The van der Waals surface area contributed by atoms with Gasteiger partial charge in [-0.15, -0.1) is 0 Å². The molecule has 5 heteroatoms. The fraction of sp³-hybridized carbons (Fsp3) is 0.444. The molecule has 78 valence electrons. The molecule has 0 saturated heterocycles. The zero-order valence-corrected chi connectivity index (χ0v) is 7.53. The van der Waals surface area contributed by atoms with Gasteiger partial charge < -0.3 is 10.8 Å². The molecule has 3 N–H and O–H groups in total. The lowest BCUT2D eigenvalue weighted by molar-refractivity contribution is 0.140. The van der Waals surface area contributed by atoms with Crippen LogP contribution in [0.15, 0.2) is 18.2 Å². The molecule has 1 aromatic heterocycles. The van der Waals surface area contributed by atoms with Gasteiger partial charge in [-0.1, -0.05) is 6.07 Å². The molecule has 0 amide bonds. The Bertz CT molecular complexity index is 294. The van der Waals surface area contributed by atoms with Crippen molar-refractivity contribution in [3.05, 3.63) is 29.6 Å². The molecule has 0 spiro atoms. The number of hydrogen-bond donors (Lipinski definition) is 2. The van der Waals surface area contributed by atoms with E-state index in [0.29, 0.717) is 13.0 Å². The number of nitrogens with zero attached hydrogens (tertiary/aromatic N) is 1. The summed E-state index contributed by atoms with van der Waals surface area (Å²) in [6, 6.07) is 4.18. The fourth-order valence-electron chi connectivity index (χ4n) is 1.08. The third-order valence-electron chi connectivity index (χ3n) is 1.80. The Morgan fingerprint density at radius 3 is 2.57 bits per heavy atom. The van der Waals surface area contributed by atoms with Gasteiger partial charge in [0.15, 0.2) is 0 Å². The first-order chi connectivity index (χ1) is 6.65. The van der Waals surface area contributed by atoms with Gasteiger partial charge >= 0.3 is 0 Å². The van der Waals surface area contributed by atoms with Crippen LogP contribution >= 0.6 is 0 Å². The monoisotopic (exact) mass is 202 g/mol. The van der Waals surface area contributed by atoms with Gasteiger partial charge in [-0.2, -0.15) is 0 Å². The van der Waals surface area contributed by atoms with Crippen LogP contribution in [0.5, 0.6) is 0 Å². The highest BCUT2D eigenvalue weighted by molar-refractivity contribution is 5.13. The highest BCUT2D eigenvalue weighted by Gasteiger charge is 2.12. The number of aromatic nitrogens is 1. The lowest BCUT2D eigenvalue weighted by Crippen LogP contribution is -2.09. The molecule has 1 rings (SSSR count). The van der Waals surface area contributed by atoms with Crippen molar-refractivity contribution >= 4 is 0 Å². The summed E-state index contributed by atoms with van der Waals surface area (Å²) in [5.41, 5.74) is 5.15. The molecule has 0 aromatic carbocycles. The maximum atomic E-state index is 12.2. The van der Waals surface area contributed by atoms with Gasteiger partial charge in [-0.3, -0.25) is 0 Å². The van der Waals surface area contributed by atoms with Crippen molar-refractivity contribution in [2.75, 3.05) is 6.54 Å². The second-order valence-electron chi connectivity index (χ2n) is 2.88. The van der Waals surface area contributed by atoms with E-state index in [1.807, 2.05) is 0 Å². The molecule has 3 nitrogen and oxygen atoms in total. The number of aliphatic hydroxyl groups is 1. The molecule has 0 radical (unpaired) electrons. The van der Waals surface area contributed by atoms with E-state index in [4.69, 9.17) is 5.73 Å². The standard InChI is InChI=1S/C9H12F2N2O/c10-9(11)7-3-1-2-6(13-7)8(14)4-5-12/h1-3,8-9,14H,4-5,12H2. The molecule has 1 unspecified atom stereocenters. The van der Waals surface area contributed by atoms with Crippen LogP contribution in [0, 0.1) is 0 Å². The fourth-order valence-corrected chi connectivity index (χ4v) is 1.08. The van der Waals surface area contributed by atoms with E-state index in [9.17, 15) is 13.9 Å². The Hall–Kier alpha value is -1.07. The first-order valence-corrected chi connectivity index (χ1v) is 4.28. The highest BCUT2D eigenvalue weighted by atomic mass is 19.3. The van der Waals surface area contributed by atoms with Crippen molar-refractivity contribution in [3.8, 4) is 0 Å². The van der Waals surface area contributed by atoms with Crippen LogP contribution in [-0.4, -0.2) is 16.6 Å². The summed E-state index contributed by atoms with van der Waals surface area (Å²) in [6.07, 6.45) is -3.15. The first-order valence-electron chi connectivity index (χ1n) is 4.28. The van der Waals surface area contributed by atoms with E-state index in [-0.39, 0.29) is 11.4 Å². The van der Waals surface area contributed by atoms with Crippen molar-refractivity contribution < 1.29 is 13.9 Å². The van der Waals surface area contributed by atoms with Crippen LogP contribution < -0.4 is 5.73 Å². The first kappa shape index (κ1) is 11.0. The van der Waals surface area contributed by atoms with Crippen molar-refractivity contribution in [1.29, 1.82) is 0 Å². The van der Waals surface area contributed by atoms with Crippen molar-refractivity contribution in [2.45, 2.75) is 19.0 Å². The van der Waals surface area contributed by atoms with Gasteiger partial charge in [-0.25, -0.2) is 13.8 Å². The molecule has 0 fully saturated rings. The molecule has 0 aliphatic carbocycles. The van der Waals surface area contributed by atoms with Gasteiger partial charge in [0.05, 0.1) is 11.8 Å². The largest absolute Gasteiger partial charge is 0.387 e. The average Bonchev–Trinajstić information content (AvgIpc) is 2.18. The average molecular weight is 202 g/mol. The second-order valence-corrected chi connectivity index (χ2v) is 2.88. The lowest BCUT2D eigenvalue weighted by Gasteiger charge is -2.09. The summed E-state index contributed by atoms with van der Waals surface area (Å²) < 4.78 is 24.5. The van der Waals surface area contributed by atoms with E-state index in [2.05, 4.69) is 4.98 Å². The van der Waals surface area contributed by atoms with Crippen LogP contribution in [-0.2, 0) is 0 Å². The number of halogens is 2. The van der Waals surface area contributed by atoms with Crippen LogP contribution in [0.4, 0.5) is 8.78 Å². The third kappa shape index (κ3) is 2.71. The quantitative estimate of drug-likeness (QED) is 0.775. The van der Waals surface area contributed by atoms with Crippen molar-refractivity contribution in [3.63, 3.8) is 0 Å². The van der Waals surface area contributed by atoms with Crippen molar-refractivity contribution in [1.82, 2.24) is 4.98 Å². The summed E-state index contributed by atoms with van der Waals surface area (Å²) >= 11 is 0. The van der Waals surface area contributed by atoms with Gasteiger partial charge in [-0.05, 0) is 25.1 Å². The van der Waals surface area contributed by atoms with Gasteiger partial charge in [0.25, 0.3) is 6.43 Å². The number of nitrogens with two attached hydrogens (primary N) is 1. The Morgan fingerprint density at radius 1 is 1.36 bits per heavy atom. The van der Waals surface area contributed by atoms with Gasteiger partial charge in [0, 0.05) is 0 Å². The van der Waals surface area contributed by atoms with E-state index in [1.54, 1.807) is 0 Å². The molecule has 0 aliphatic heterocycles. The van der Waals surface area contributed by atoms with Crippen LogP contribution in [0.3, 0.4) is 0 Å². The molecule has 0 bridgehead atoms. The Balaban J connectivity index is 2.82. The second kappa shape index (κ2) is 4.97. The predicted molar refractivity (Wildman–Crippen MR) is 47.8 cm³/mol. The Morgan fingerprint density at radius 2 is 2.00 bits per heavy atom. The summed E-state index contributed by atoms with van der Waals surface area (Å²) in [5, 5.41) is 9.44. The molecule has 1 atom stereocenters. The number of alkyl halides is 2. The summed E-state index contributed by atoms with van der Waals surface area (Å²) in [5.74, 6) is 0. The van der Waals surface area contributed by atoms with E-state index < -0.39 is 12.5 Å². The Labute approximate surface area is 80.6 Å². The van der Waals surface area contributed by atoms with E-state index >= 15 is 0 Å². The molecular formula is C9H12F2N2O. The third-order valence-corrected chi connectivity index (χ3v) is 1.80. The smallest absolute Gasteiger partial charge is 0.280 e. The maximum absolute atomic E-state index is 12.2. The zero-order chi connectivity index (χ0) is 10.6. The van der Waals surface area contributed by atoms with E-state index in [0.717, 1.165) is 0 Å². The number of rotatable bonds is 4. The Kier molecular flexibility index (Phi) is 3.91. The predicted octanol–water partition coefficient (Wildman–Crippen LogP) is 1.40. The van der Waals surface area contributed by atoms with Gasteiger partial charge in [0.2, 0.25) is 0 Å². The van der Waals surface area contributed by atoms with Crippen LogP contribution in [0.2, 0.25) is 0 Å². The minimum Gasteiger partial charge on any atom is -0.387 e. The number of aliphatic hydroxyl groups excluding tert-OH is 1. The SMILES string of the molecule is NCCC(O)c1cccc(C(F)F)n1. The molecule has 0 aliphatic rings. The minimum atomic E-state index is -2.61. The molecule has 1 aromatic rings. The molecular weight excluding hydrogens is 190 g/mol. The summed E-state index contributed by atoms with van der Waals surface area (Å²) in [7, 11) is 0. The van der Waals surface area contributed by atoms with Crippen LogP contribution in [0.1, 0.15) is 30.3 Å². The van der Waals surface area contributed by atoms with Gasteiger partial charge in [0.1, 0.15) is 5.69 Å². The number of hydrogen-bond acceptors (Lipinski definition) is 3. The van der Waals surface area contributed by atoms with E-state index in [1.165, 1.54) is 18.2 Å². The summed E-state index contributed by atoms with van der Waals surface area (Å²) in [4.78, 5) is 3.64. The lowest BCUT2D eigenvalue weighted by atomic mass is 10.1. The van der Waals surface area contributed by atoms with Crippen molar-refractivity contribution in [2.24, 2.45) is 5.73 Å². The maximum Gasteiger partial charge on any atom is 0.280 e. The summed E-state index contributed by atoms with van der Waals surface area (Å²) in [6.45, 7) is 0.293. The molecule has 14 heavy (non-hydrogen) atoms.